The first kappa shape index (κ1) is 23.6. The molecule has 0 fully saturated rings. The second kappa shape index (κ2) is 11.5. The number of hydrogen-bond donors (Lipinski definition) is 3. The fourth-order valence-corrected chi connectivity index (χ4v) is 3.04. The van der Waals surface area contributed by atoms with E-state index in [0.717, 1.165) is 0 Å². The molecule has 2 aromatic carbocycles. The van der Waals surface area contributed by atoms with E-state index in [1.54, 1.807) is 30.3 Å². The van der Waals surface area contributed by atoms with E-state index in [9.17, 15) is 14.4 Å². The van der Waals surface area contributed by atoms with Crippen molar-refractivity contribution in [3.05, 3.63) is 89.9 Å². The number of hydrogen-bond acceptors (Lipinski definition) is 5. The molecule has 1 atom stereocenters. The molecule has 0 saturated heterocycles. The molecule has 3 N–H and O–H groups in total. The van der Waals surface area contributed by atoms with Crippen LogP contribution in [0.25, 0.3) is 0 Å². The highest BCUT2D eigenvalue weighted by molar-refractivity contribution is 5.94. The van der Waals surface area contributed by atoms with Crippen LogP contribution in [0.15, 0.2) is 77.2 Å². The first-order valence-corrected chi connectivity index (χ1v) is 10.6. The molecule has 0 aliphatic carbocycles. The normalized spacial score (nSPS) is 11.5. The van der Waals surface area contributed by atoms with E-state index >= 15 is 0 Å². The van der Waals surface area contributed by atoms with Gasteiger partial charge in [0.15, 0.2) is 5.76 Å². The quantitative estimate of drug-likeness (QED) is 0.433. The molecule has 3 amide bonds. The van der Waals surface area contributed by atoms with Gasteiger partial charge in [0.25, 0.3) is 5.91 Å². The molecule has 0 radical (unpaired) electrons. The largest absolute Gasteiger partial charge is 0.486 e. The predicted molar refractivity (Wildman–Crippen MR) is 122 cm³/mol. The van der Waals surface area contributed by atoms with Crippen molar-refractivity contribution in [1.82, 2.24) is 16.2 Å². The van der Waals surface area contributed by atoms with Crippen molar-refractivity contribution in [3.63, 3.8) is 0 Å². The number of para-hydroxylation sites is 1. The van der Waals surface area contributed by atoms with E-state index in [1.165, 1.54) is 6.07 Å². The van der Waals surface area contributed by atoms with Crippen LogP contribution in [0.1, 0.15) is 48.2 Å². The number of amides is 3. The lowest BCUT2D eigenvalue weighted by atomic mass is 10.0. The molecule has 0 aliphatic rings. The predicted octanol–water partition coefficient (Wildman–Crippen LogP) is 3.52. The van der Waals surface area contributed by atoms with Crippen molar-refractivity contribution >= 4 is 17.7 Å². The number of benzene rings is 2. The Kier molecular flexibility index (Phi) is 8.24. The molecule has 8 nitrogen and oxygen atoms in total. The number of furan rings is 1. The summed E-state index contributed by atoms with van der Waals surface area (Å²) in [6, 6.07) is 20.2. The minimum atomic E-state index is -0.954. The number of carbonyl (C=O) groups excluding carboxylic acids is 3. The Hall–Kier alpha value is -4.07. The third-order valence-electron chi connectivity index (χ3n) is 4.60. The van der Waals surface area contributed by atoms with Gasteiger partial charge in [-0.25, -0.2) is 0 Å². The van der Waals surface area contributed by atoms with E-state index in [2.05, 4.69) is 16.2 Å². The topological polar surface area (TPSA) is 110 Å². The molecule has 0 aliphatic heterocycles. The SMILES string of the molecule is CC(C)CC(=O)NC(C(=O)NNC(=O)c1ccc(COc2ccccc2)o1)c1ccccc1. The first-order valence-electron chi connectivity index (χ1n) is 10.6. The fourth-order valence-electron chi connectivity index (χ4n) is 3.04. The molecule has 3 rings (SSSR count). The molecule has 8 heteroatoms. The smallest absolute Gasteiger partial charge is 0.305 e. The van der Waals surface area contributed by atoms with Crippen LogP contribution in [0.4, 0.5) is 0 Å². The third kappa shape index (κ3) is 7.24. The molecule has 0 saturated carbocycles. The molecule has 1 unspecified atom stereocenters. The summed E-state index contributed by atoms with van der Waals surface area (Å²) in [5.41, 5.74) is 5.28. The maximum Gasteiger partial charge on any atom is 0.305 e. The Labute approximate surface area is 192 Å². The van der Waals surface area contributed by atoms with Crippen LogP contribution < -0.4 is 20.9 Å². The van der Waals surface area contributed by atoms with Crippen molar-refractivity contribution in [1.29, 1.82) is 0 Å². The summed E-state index contributed by atoms with van der Waals surface area (Å²) in [7, 11) is 0. The van der Waals surface area contributed by atoms with Crippen LogP contribution >= 0.6 is 0 Å². The zero-order valence-electron chi connectivity index (χ0n) is 18.5. The lowest BCUT2D eigenvalue weighted by molar-refractivity contribution is -0.130. The van der Waals surface area contributed by atoms with Gasteiger partial charge in [0.2, 0.25) is 5.91 Å². The summed E-state index contributed by atoms with van der Waals surface area (Å²) in [5.74, 6) is -0.169. The molecular weight excluding hydrogens is 422 g/mol. The van der Waals surface area contributed by atoms with E-state index in [4.69, 9.17) is 9.15 Å². The highest BCUT2D eigenvalue weighted by Crippen LogP contribution is 2.15. The van der Waals surface area contributed by atoms with Gasteiger partial charge in [-0.05, 0) is 35.7 Å². The van der Waals surface area contributed by atoms with Crippen LogP contribution in [0.2, 0.25) is 0 Å². The summed E-state index contributed by atoms with van der Waals surface area (Å²) < 4.78 is 11.1. The Morgan fingerprint density at radius 3 is 2.21 bits per heavy atom. The Balaban J connectivity index is 1.57. The van der Waals surface area contributed by atoms with Gasteiger partial charge in [-0.1, -0.05) is 62.4 Å². The lowest BCUT2D eigenvalue weighted by Gasteiger charge is -2.19. The van der Waals surface area contributed by atoms with E-state index in [0.29, 0.717) is 17.1 Å². The molecule has 3 aromatic rings. The Morgan fingerprint density at radius 1 is 0.879 bits per heavy atom. The fraction of sp³-hybridized carbons (Fsp3) is 0.240. The zero-order chi connectivity index (χ0) is 23.6. The minimum Gasteiger partial charge on any atom is -0.486 e. The standard InChI is InChI=1S/C25H27N3O5/c1-17(2)15-22(29)26-23(18-9-5-3-6-10-18)25(31)28-27-24(30)21-14-13-20(33-21)16-32-19-11-7-4-8-12-19/h3-14,17,23H,15-16H2,1-2H3,(H,26,29)(H,27,30)(H,28,31). The molecule has 33 heavy (non-hydrogen) atoms. The van der Waals surface area contributed by atoms with Gasteiger partial charge in [-0.2, -0.15) is 0 Å². The molecular formula is C25H27N3O5. The van der Waals surface area contributed by atoms with Crippen LogP contribution in [-0.4, -0.2) is 17.7 Å². The van der Waals surface area contributed by atoms with Crippen molar-refractivity contribution < 1.29 is 23.5 Å². The third-order valence-corrected chi connectivity index (χ3v) is 4.60. The number of nitrogens with one attached hydrogen (secondary N) is 3. The van der Waals surface area contributed by atoms with Gasteiger partial charge in [-0.3, -0.25) is 25.2 Å². The zero-order valence-corrected chi connectivity index (χ0v) is 18.5. The second-order valence-electron chi connectivity index (χ2n) is 7.82. The molecule has 1 aromatic heterocycles. The summed E-state index contributed by atoms with van der Waals surface area (Å²) >= 11 is 0. The van der Waals surface area contributed by atoms with E-state index in [1.807, 2.05) is 50.2 Å². The monoisotopic (exact) mass is 449 g/mol. The molecule has 1 heterocycles. The number of rotatable bonds is 9. The van der Waals surface area contributed by atoms with Crippen molar-refractivity contribution in [2.75, 3.05) is 0 Å². The molecule has 172 valence electrons. The summed E-state index contributed by atoms with van der Waals surface area (Å²) in [6.45, 7) is 3.99. The Morgan fingerprint density at radius 2 is 1.55 bits per heavy atom. The summed E-state index contributed by atoms with van der Waals surface area (Å²) in [5, 5.41) is 2.72. The highest BCUT2D eigenvalue weighted by atomic mass is 16.5. The molecule has 0 bridgehead atoms. The van der Waals surface area contributed by atoms with Crippen LogP contribution in [0.3, 0.4) is 0 Å². The van der Waals surface area contributed by atoms with Crippen LogP contribution in [0.5, 0.6) is 5.75 Å². The lowest BCUT2D eigenvalue weighted by Crippen LogP contribution is -2.48. The second-order valence-corrected chi connectivity index (χ2v) is 7.82. The number of hydrazine groups is 1. The Bertz CT molecular complexity index is 1060. The van der Waals surface area contributed by atoms with E-state index in [-0.39, 0.29) is 30.6 Å². The van der Waals surface area contributed by atoms with Crippen molar-refractivity contribution in [2.24, 2.45) is 5.92 Å². The minimum absolute atomic E-state index is 0.0158. The van der Waals surface area contributed by atoms with Gasteiger partial charge in [-0.15, -0.1) is 0 Å². The first-order chi connectivity index (χ1) is 15.9. The van der Waals surface area contributed by atoms with Gasteiger partial charge in [0, 0.05) is 6.42 Å². The van der Waals surface area contributed by atoms with Crippen LogP contribution in [-0.2, 0) is 16.2 Å². The molecule has 0 spiro atoms. The van der Waals surface area contributed by atoms with Gasteiger partial charge < -0.3 is 14.5 Å². The summed E-state index contributed by atoms with van der Waals surface area (Å²) in [6.07, 6.45) is 0.281. The maximum absolute atomic E-state index is 12.8. The highest BCUT2D eigenvalue weighted by Gasteiger charge is 2.24. The number of ether oxygens (including phenoxy) is 1. The van der Waals surface area contributed by atoms with E-state index < -0.39 is 17.9 Å². The van der Waals surface area contributed by atoms with Crippen molar-refractivity contribution in [2.45, 2.75) is 32.9 Å². The average Bonchev–Trinajstić information content (AvgIpc) is 3.29. The van der Waals surface area contributed by atoms with Crippen molar-refractivity contribution in [3.8, 4) is 5.75 Å². The summed E-state index contributed by atoms with van der Waals surface area (Å²) in [4.78, 5) is 37.5. The average molecular weight is 450 g/mol. The van der Waals surface area contributed by atoms with Crippen LogP contribution in [0, 0.1) is 5.92 Å². The number of carbonyl (C=O) groups is 3. The maximum atomic E-state index is 12.8. The van der Waals surface area contributed by atoms with Gasteiger partial charge >= 0.3 is 5.91 Å². The van der Waals surface area contributed by atoms with Gasteiger partial charge in [0.05, 0.1) is 0 Å². The van der Waals surface area contributed by atoms with Gasteiger partial charge in [0.1, 0.15) is 24.2 Å².